The van der Waals surface area contributed by atoms with Gasteiger partial charge >= 0.3 is 0 Å². The molecule has 0 fully saturated rings. The number of hydrogen-bond donors (Lipinski definition) is 1. The average molecular weight is 272 g/mol. The van der Waals surface area contributed by atoms with Crippen LogP contribution in [0.15, 0.2) is 22.6 Å². The zero-order valence-electron chi connectivity index (χ0n) is 10.1. The van der Waals surface area contributed by atoms with Crippen molar-refractivity contribution < 1.29 is 4.42 Å². The number of benzene rings is 1. The van der Waals surface area contributed by atoms with E-state index in [9.17, 15) is 0 Å². The maximum Gasteiger partial charge on any atom is 0.154 e. The SMILES string of the molecule is CC(C)(C)NCc1cc2c(Cl)ccc(Cl)c2o1. The third-order valence-electron chi connectivity index (χ3n) is 2.43. The van der Waals surface area contributed by atoms with Crippen LogP contribution in [-0.2, 0) is 6.54 Å². The van der Waals surface area contributed by atoms with E-state index in [0.29, 0.717) is 22.2 Å². The van der Waals surface area contributed by atoms with Crippen molar-refractivity contribution in [3.05, 3.63) is 34.0 Å². The normalized spacial score (nSPS) is 12.3. The molecule has 0 unspecified atom stereocenters. The summed E-state index contributed by atoms with van der Waals surface area (Å²) < 4.78 is 5.70. The van der Waals surface area contributed by atoms with E-state index in [4.69, 9.17) is 27.6 Å². The van der Waals surface area contributed by atoms with Crippen molar-refractivity contribution in [3.8, 4) is 0 Å². The van der Waals surface area contributed by atoms with Gasteiger partial charge in [-0.2, -0.15) is 0 Å². The molecule has 0 atom stereocenters. The third kappa shape index (κ3) is 2.95. The van der Waals surface area contributed by atoms with Crippen LogP contribution in [0.5, 0.6) is 0 Å². The van der Waals surface area contributed by atoms with Gasteiger partial charge in [-0.05, 0) is 39.0 Å². The first-order chi connectivity index (χ1) is 7.87. The second-order valence-electron chi connectivity index (χ2n) is 5.09. The van der Waals surface area contributed by atoms with E-state index in [1.54, 1.807) is 12.1 Å². The molecule has 2 aromatic rings. The summed E-state index contributed by atoms with van der Waals surface area (Å²) in [6, 6.07) is 5.46. The molecule has 2 nitrogen and oxygen atoms in total. The van der Waals surface area contributed by atoms with Crippen molar-refractivity contribution in [2.24, 2.45) is 0 Å². The third-order valence-corrected chi connectivity index (χ3v) is 3.05. The van der Waals surface area contributed by atoms with Gasteiger partial charge in [0.1, 0.15) is 5.76 Å². The molecule has 1 N–H and O–H groups in total. The Balaban J connectivity index is 2.32. The van der Waals surface area contributed by atoms with Crippen LogP contribution < -0.4 is 5.32 Å². The van der Waals surface area contributed by atoms with Crippen LogP contribution in [0.25, 0.3) is 11.0 Å². The lowest BCUT2D eigenvalue weighted by atomic mass is 10.1. The summed E-state index contributed by atoms with van der Waals surface area (Å²) in [4.78, 5) is 0. The summed E-state index contributed by atoms with van der Waals surface area (Å²) in [5.74, 6) is 0.838. The van der Waals surface area contributed by atoms with E-state index in [1.165, 1.54) is 0 Å². The summed E-state index contributed by atoms with van der Waals surface area (Å²) in [6.07, 6.45) is 0. The lowest BCUT2D eigenvalue weighted by Crippen LogP contribution is -2.34. The molecule has 0 radical (unpaired) electrons. The smallest absolute Gasteiger partial charge is 0.154 e. The molecule has 0 aliphatic rings. The zero-order valence-corrected chi connectivity index (χ0v) is 11.6. The molecule has 1 aromatic carbocycles. The van der Waals surface area contributed by atoms with E-state index in [1.807, 2.05) is 6.07 Å². The average Bonchev–Trinajstić information content (AvgIpc) is 2.65. The van der Waals surface area contributed by atoms with Gasteiger partial charge < -0.3 is 9.73 Å². The molecule has 0 saturated heterocycles. The second kappa shape index (κ2) is 4.52. The first-order valence-electron chi connectivity index (χ1n) is 5.48. The first kappa shape index (κ1) is 12.7. The summed E-state index contributed by atoms with van der Waals surface area (Å²) in [5.41, 5.74) is 0.705. The minimum absolute atomic E-state index is 0.0482. The topological polar surface area (TPSA) is 25.2 Å². The molecule has 0 bridgehead atoms. The molecular weight excluding hydrogens is 257 g/mol. The molecule has 1 heterocycles. The Morgan fingerprint density at radius 2 is 1.82 bits per heavy atom. The van der Waals surface area contributed by atoms with E-state index >= 15 is 0 Å². The molecule has 0 aliphatic heterocycles. The van der Waals surface area contributed by atoms with Crippen LogP contribution in [0.1, 0.15) is 26.5 Å². The largest absolute Gasteiger partial charge is 0.458 e. The number of hydrogen-bond acceptors (Lipinski definition) is 2. The van der Waals surface area contributed by atoms with Gasteiger partial charge in [-0.3, -0.25) is 0 Å². The highest BCUT2D eigenvalue weighted by molar-refractivity contribution is 6.39. The van der Waals surface area contributed by atoms with E-state index < -0.39 is 0 Å². The zero-order chi connectivity index (χ0) is 12.6. The van der Waals surface area contributed by atoms with Gasteiger partial charge in [0.05, 0.1) is 16.6 Å². The van der Waals surface area contributed by atoms with Crippen LogP contribution in [0.2, 0.25) is 10.0 Å². The number of furan rings is 1. The van der Waals surface area contributed by atoms with Gasteiger partial charge in [0.25, 0.3) is 0 Å². The highest BCUT2D eigenvalue weighted by Crippen LogP contribution is 2.32. The van der Waals surface area contributed by atoms with Crippen LogP contribution >= 0.6 is 23.2 Å². The summed E-state index contributed by atoms with van der Waals surface area (Å²) in [5, 5.41) is 5.48. The van der Waals surface area contributed by atoms with Gasteiger partial charge in [0.2, 0.25) is 0 Å². The maximum absolute atomic E-state index is 6.09. The van der Waals surface area contributed by atoms with Crippen molar-refractivity contribution in [2.45, 2.75) is 32.9 Å². The highest BCUT2D eigenvalue weighted by Gasteiger charge is 2.13. The molecule has 92 valence electrons. The summed E-state index contributed by atoms with van der Waals surface area (Å²) >= 11 is 12.2. The Bertz CT molecular complexity index is 501. The molecule has 0 aliphatic carbocycles. The van der Waals surface area contributed by atoms with Gasteiger partial charge in [-0.1, -0.05) is 23.2 Å². The Kier molecular flexibility index (Phi) is 3.39. The molecule has 4 heteroatoms. The van der Waals surface area contributed by atoms with Crippen LogP contribution in [0.3, 0.4) is 0 Å². The fourth-order valence-electron chi connectivity index (χ4n) is 1.55. The number of rotatable bonds is 2. The standard InChI is InChI=1S/C13H15Cl2NO/c1-13(2,3)16-7-8-6-9-10(14)4-5-11(15)12(9)17-8/h4-6,16H,7H2,1-3H3. The van der Waals surface area contributed by atoms with Crippen molar-refractivity contribution in [1.29, 1.82) is 0 Å². The van der Waals surface area contributed by atoms with Crippen LogP contribution in [-0.4, -0.2) is 5.54 Å². The van der Waals surface area contributed by atoms with E-state index in [-0.39, 0.29) is 5.54 Å². The predicted octanol–water partition coefficient (Wildman–Crippen LogP) is 4.63. The highest BCUT2D eigenvalue weighted by atomic mass is 35.5. The van der Waals surface area contributed by atoms with Gasteiger partial charge in [0.15, 0.2) is 5.58 Å². The predicted molar refractivity (Wildman–Crippen MR) is 72.8 cm³/mol. The number of nitrogens with one attached hydrogen (secondary N) is 1. The van der Waals surface area contributed by atoms with Crippen molar-refractivity contribution in [1.82, 2.24) is 5.32 Å². The molecular formula is C13H15Cl2NO. The molecule has 17 heavy (non-hydrogen) atoms. The monoisotopic (exact) mass is 271 g/mol. The van der Waals surface area contributed by atoms with Crippen LogP contribution in [0.4, 0.5) is 0 Å². The van der Waals surface area contributed by atoms with E-state index in [0.717, 1.165) is 11.1 Å². The van der Waals surface area contributed by atoms with Crippen molar-refractivity contribution in [3.63, 3.8) is 0 Å². The van der Waals surface area contributed by atoms with E-state index in [2.05, 4.69) is 26.1 Å². The second-order valence-corrected chi connectivity index (χ2v) is 5.90. The molecule has 0 spiro atoms. The number of fused-ring (bicyclic) bond motifs is 1. The lowest BCUT2D eigenvalue weighted by Gasteiger charge is -2.19. The Labute approximate surface area is 111 Å². The van der Waals surface area contributed by atoms with Crippen molar-refractivity contribution >= 4 is 34.2 Å². The summed E-state index contributed by atoms with van der Waals surface area (Å²) in [6.45, 7) is 6.98. The fourth-order valence-corrected chi connectivity index (χ4v) is 1.95. The Hall–Kier alpha value is -0.700. The minimum Gasteiger partial charge on any atom is -0.458 e. The molecule has 0 saturated carbocycles. The van der Waals surface area contributed by atoms with Crippen molar-refractivity contribution in [2.75, 3.05) is 0 Å². The number of halogens is 2. The first-order valence-corrected chi connectivity index (χ1v) is 6.24. The quantitative estimate of drug-likeness (QED) is 0.862. The maximum atomic E-state index is 6.09. The molecule has 1 aromatic heterocycles. The fraction of sp³-hybridized carbons (Fsp3) is 0.385. The Morgan fingerprint density at radius 1 is 1.18 bits per heavy atom. The molecule has 0 amide bonds. The Morgan fingerprint density at radius 3 is 2.41 bits per heavy atom. The van der Waals surface area contributed by atoms with Gasteiger partial charge in [-0.15, -0.1) is 0 Å². The molecule has 2 rings (SSSR count). The van der Waals surface area contributed by atoms with Gasteiger partial charge in [0, 0.05) is 10.9 Å². The lowest BCUT2D eigenvalue weighted by molar-refractivity contribution is 0.395. The van der Waals surface area contributed by atoms with Gasteiger partial charge in [-0.25, -0.2) is 0 Å². The van der Waals surface area contributed by atoms with Crippen LogP contribution in [0, 0.1) is 0 Å². The minimum atomic E-state index is 0.0482. The summed E-state index contributed by atoms with van der Waals surface area (Å²) in [7, 11) is 0.